The average Bonchev–Trinajstić information content (AvgIpc) is 3.71. The zero-order valence-corrected chi connectivity index (χ0v) is 35.1. The van der Waals surface area contributed by atoms with E-state index in [1.54, 1.807) is 0 Å². The highest BCUT2D eigenvalue weighted by Gasteiger charge is 2.20. The molecule has 12 rings (SSSR count). The maximum atomic E-state index is 2.44. The lowest BCUT2D eigenvalue weighted by Gasteiger charge is -2.29. The number of hydrogen-bond donors (Lipinski definition) is 0. The number of nitrogens with zero attached hydrogens (tertiary/aromatic N) is 2. The van der Waals surface area contributed by atoms with Crippen molar-refractivity contribution in [2.24, 2.45) is 0 Å². The third-order valence-corrected chi connectivity index (χ3v) is 12.8. The fraction of sp³-hybridized carbons (Fsp3) is 0. The zero-order chi connectivity index (χ0) is 42.4. The van der Waals surface area contributed by atoms with Crippen molar-refractivity contribution in [3.8, 4) is 50.2 Å². The summed E-state index contributed by atoms with van der Waals surface area (Å²) >= 11 is 0. The fourth-order valence-electron chi connectivity index (χ4n) is 9.56. The van der Waals surface area contributed by atoms with E-state index in [9.17, 15) is 0 Å². The van der Waals surface area contributed by atoms with Crippen LogP contribution in [0.15, 0.2) is 255 Å². The Kier molecular flexibility index (Phi) is 9.20. The fourth-order valence-corrected chi connectivity index (χ4v) is 9.56. The van der Waals surface area contributed by atoms with Crippen LogP contribution in [-0.2, 0) is 0 Å². The molecular weight excluding hydrogens is 773 g/mol. The van der Waals surface area contributed by atoms with Crippen molar-refractivity contribution in [2.75, 3.05) is 4.90 Å². The van der Waals surface area contributed by atoms with Crippen LogP contribution in [-0.4, -0.2) is 4.57 Å². The van der Waals surface area contributed by atoms with Crippen molar-refractivity contribution >= 4 is 60.4 Å². The summed E-state index contributed by atoms with van der Waals surface area (Å²) in [5.74, 6) is 0. The summed E-state index contributed by atoms with van der Waals surface area (Å²) in [5.41, 5.74) is 16.2. The number of aromatic nitrogens is 1. The molecule has 0 aliphatic rings. The average molecular weight is 815 g/mol. The minimum Gasteiger partial charge on any atom is -0.310 e. The summed E-state index contributed by atoms with van der Waals surface area (Å²) in [6.45, 7) is 0. The molecule has 64 heavy (non-hydrogen) atoms. The maximum absolute atomic E-state index is 2.44. The number of rotatable bonds is 8. The van der Waals surface area contributed by atoms with Gasteiger partial charge in [0.2, 0.25) is 0 Å². The van der Waals surface area contributed by atoms with E-state index in [0.29, 0.717) is 0 Å². The molecule has 0 atom stereocenters. The largest absolute Gasteiger partial charge is 0.310 e. The predicted octanol–water partition coefficient (Wildman–Crippen LogP) is 17.2. The molecule has 0 N–H and O–H groups in total. The summed E-state index contributed by atoms with van der Waals surface area (Å²) in [6, 6.07) is 92.9. The Labute approximate surface area is 373 Å². The molecule has 1 aromatic heterocycles. The lowest BCUT2D eigenvalue weighted by atomic mass is 9.94. The molecule has 0 saturated heterocycles. The minimum atomic E-state index is 1.07. The smallest absolute Gasteiger partial charge is 0.0546 e. The lowest BCUT2D eigenvalue weighted by molar-refractivity contribution is 1.17. The highest BCUT2D eigenvalue weighted by Crippen LogP contribution is 2.45. The Morgan fingerprint density at radius 3 is 1.34 bits per heavy atom. The molecule has 0 spiro atoms. The minimum absolute atomic E-state index is 1.07. The van der Waals surface area contributed by atoms with Crippen molar-refractivity contribution < 1.29 is 0 Å². The summed E-state index contributed by atoms with van der Waals surface area (Å²) in [7, 11) is 0. The van der Waals surface area contributed by atoms with Gasteiger partial charge in [-0.2, -0.15) is 0 Å². The van der Waals surface area contributed by atoms with E-state index in [0.717, 1.165) is 33.9 Å². The van der Waals surface area contributed by atoms with E-state index >= 15 is 0 Å². The van der Waals surface area contributed by atoms with Gasteiger partial charge < -0.3 is 9.47 Å². The van der Waals surface area contributed by atoms with Crippen LogP contribution in [0.3, 0.4) is 0 Å². The van der Waals surface area contributed by atoms with E-state index in [1.165, 1.54) is 76.7 Å². The van der Waals surface area contributed by atoms with Crippen LogP contribution in [0.2, 0.25) is 0 Å². The molecule has 0 saturated carbocycles. The third kappa shape index (κ3) is 6.70. The normalized spacial score (nSPS) is 11.4. The van der Waals surface area contributed by atoms with Crippen LogP contribution < -0.4 is 4.90 Å². The van der Waals surface area contributed by atoms with Crippen LogP contribution in [0.4, 0.5) is 17.1 Å². The van der Waals surface area contributed by atoms with Crippen molar-refractivity contribution in [1.29, 1.82) is 0 Å². The van der Waals surface area contributed by atoms with E-state index in [4.69, 9.17) is 0 Å². The van der Waals surface area contributed by atoms with Crippen LogP contribution in [0.1, 0.15) is 0 Å². The monoisotopic (exact) mass is 814 g/mol. The van der Waals surface area contributed by atoms with Gasteiger partial charge in [-0.15, -0.1) is 0 Å². The number of para-hydroxylation sites is 2. The van der Waals surface area contributed by atoms with Gasteiger partial charge in [0.05, 0.1) is 16.7 Å². The van der Waals surface area contributed by atoms with Crippen molar-refractivity contribution in [1.82, 2.24) is 4.57 Å². The molecule has 300 valence electrons. The molecule has 0 aliphatic carbocycles. The SMILES string of the molecule is c1ccc(-c2cccc(-c3ccc(N(c4ccc(-n5c6ccccc6c6ccccc65)cc4)c4cc(-c5ccc6ccccc6c5)ccc4-c4ccc5ccccc5c4)cc3)c2)cc1. The summed E-state index contributed by atoms with van der Waals surface area (Å²) in [6.07, 6.45) is 0. The molecule has 0 radical (unpaired) electrons. The number of hydrogen-bond acceptors (Lipinski definition) is 1. The second-order valence-electron chi connectivity index (χ2n) is 16.6. The summed E-state index contributed by atoms with van der Waals surface area (Å²) in [5, 5.41) is 7.41. The first-order valence-corrected chi connectivity index (χ1v) is 22.0. The van der Waals surface area contributed by atoms with Crippen molar-refractivity contribution in [3.05, 3.63) is 255 Å². The molecule has 12 aromatic rings. The van der Waals surface area contributed by atoms with E-state index in [1.807, 2.05) is 0 Å². The quantitative estimate of drug-likeness (QED) is 0.148. The van der Waals surface area contributed by atoms with Gasteiger partial charge in [0.1, 0.15) is 0 Å². The Morgan fingerprint density at radius 1 is 0.266 bits per heavy atom. The Balaban J connectivity index is 1.05. The van der Waals surface area contributed by atoms with Gasteiger partial charge in [-0.3, -0.25) is 0 Å². The molecule has 0 amide bonds. The van der Waals surface area contributed by atoms with E-state index < -0.39 is 0 Å². The maximum Gasteiger partial charge on any atom is 0.0546 e. The number of fused-ring (bicyclic) bond motifs is 5. The first-order valence-electron chi connectivity index (χ1n) is 22.0. The highest BCUT2D eigenvalue weighted by molar-refractivity contribution is 6.09. The third-order valence-electron chi connectivity index (χ3n) is 12.8. The molecule has 0 fully saturated rings. The van der Waals surface area contributed by atoms with Crippen LogP contribution in [0.25, 0.3) is 93.5 Å². The number of benzene rings is 11. The van der Waals surface area contributed by atoms with Crippen LogP contribution in [0, 0.1) is 0 Å². The molecular formula is C62H42N2. The van der Waals surface area contributed by atoms with Gasteiger partial charge >= 0.3 is 0 Å². The topological polar surface area (TPSA) is 8.17 Å². The molecule has 0 unspecified atom stereocenters. The van der Waals surface area contributed by atoms with Gasteiger partial charge in [-0.05, 0) is 133 Å². The summed E-state index contributed by atoms with van der Waals surface area (Å²) < 4.78 is 2.39. The standard InChI is InChI=1S/C62H42N2/c1-2-13-43(14-3-1)49-19-12-20-50(39-49)46-29-32-54(33-30-46)63(55-34-36-56(37-35-55)64-60-23-10-8-21-58(60)59-22-9-11-24-61(59)64)62-42-52(51-27-25-44-15-4-6-17-47(44)40-51)31-38-57(62)53-28-26-45-16-5-7-18-48(45)41-53/h1-42H. The van der Waals surface area contributed by atoms with Crippen molar-refractivity contribution in [2.45, 2.75) is 0 Å². The predicted molar refractivity (Wildman–Crippen MR) is 272 cm³/mol. The Hall–Kier alpha value is -8.46. The molecule has 0 aliphatic heterocycles. The zero-order valence-electron chi connectivity index (χ0n) is 35.1. The number of anilines is 3. The van der Waals surface area contributed by atoms with Gasteiger partial charge in [0.15, 0.2) is 0 Å². The van der Waals surface area contributed by atoms with Gasteiger partial charge in [-0.1, -0.05) is 182 Å². The van der Waals surface area contributed by atoms with Crippen LogP contribution in [0.5, 0.6) is 0 Å². The lowest BCUT2D eigenvalue weighted by Crippen LogP contribution is -2.12. The van der Waals surface area contributed by atoms with E-state index in [2.05, 4.69) is 264 Å². The van der Waals surface area contributed by atoms with Gasteiger partial charge in [0, 0.05) is 33.4 Å². The first-order chi connectivity index (χ1) is 31.7. The summed E-state index contributed by atoms with van der Waals surface area (Å²) in [4.78, 5) is 2.44. The molecule has 2 nitrogen and oxygen atoms in total. The van der Waals surface area contributed by atoms with Crippen molar-refractivity contribution in [3.63, 3.8) is 0 Å². The second kappa shape index (κ2) is 15.8. The Bertz CT molecular complexity index is 3600. The van der Waals surface area contributed by atoms with E-state index in [-0.39, 0.29) is 0 Å². The molecule has 2 heteroatoms. The van der Waals surface area contributed by atoms with Gasteiger partial charge in [0.25, 0.3) is 0 Å². The molecule has 0 bridgehead atoms. The van der Waals surface area contributed by atoms with Crippen LogP contribution >= 0.6 is 0 Å². The van der Waals surface area contributed by atoms with Gasteiger partial charge in [-0.25, -0.2) is 0 Å². The Morgan fingerprint density at radius 2 is 0.703 bits per heavy atom. The second-order valence-corrected chi connectivity index (χ2v) is 16.6. The highest BCUT2D eigenvalue weighted by atomic mass is 15.1. The molecule has 11 aromatic carbocycles. The molecule has 1 heterocycles. The first kappa shape index (κ1) is 37.3.